The fourth-order valence-electron chi connectivity index (χ4n) is 1.77. The summed E-state index contributed by atoms with van der Waals surface area (Å²) in [7, 11) is 2.02. The highest BCUT2D eigenvalue weighted by Crippen LogP contribution is 2.17. The van der Waals surface area contributed by atoms with E-state index in [0.717, 1.165) is 17.9 Å². The summed E-state index contributed by atoms with van der Waals surface area (Å²) in [4.78, 5) is 10.5. The zero-order valence-electron chi connectivity index (χ0n) is 10.7. The van der Waals surface area contributed by atoms with Gasteiger partial charge in [0, 0.05) is 38.2 Å². The van der Waals surface area contributed by atoms with Gasteiger partial charge < -0.3 is 10.6 Å². The smallest absolute Gasteiger partial charge is 0.128 e. The quantitative estimate of drug-likeness (QED) is 0.892. The Kier molecular flexibility index (Phi) is 3.89. The number of rotatable bonds is 4. The van der Waals surface area contributed by atoms with Crippen LogP contribution in [0.25, 0.3) is 0 Å². The zero-order valence-corrected chi connectivity index (χ0v) is 10.7. The van der Waals surface area contributed by atoms with Gasteiger partial charge in [-0.25, -0.2) is 4.98 Å². The minimum absolute atomic E-state index is 0.0288. The average Bonchev–Trinajstić information content (AvgIpc) is 2.40. The van der Waals surface area contributed by atoms with Crippen LogP contribution in [0, 0.1) is 0 Å². The molecule has 18 heavy (non-hydrogen) atoms. The molecule has 0 saturated carbocycles. The summed E-state index contributed by atoms with van der Waals surface area (Å²) in [6.45, 7) is 2.78. The molecule has 1 atom stereocenters. The lowest BCUT2D eigenvalue weighted by Crippen LogP contribution is -2.18. The second-order valence-corrected chi connectivity index (χ2v) is 4.45. The Labute approximate surface area is 107 Å². The predicted molar refractivity (Wildman–Crippen MR) is 73.2 cm³/mol. The molecule has 0 bridgehead atoms. The second kappa shape index (κ2) is 5.60. The van der Waals surface area contributed by atoms with Crippen LogP contribution in [0.2, 0.25) is 0 Å². The SMILES string of the molecule is C[C@@H](N)c1ccnc(N(C)Cc2ccncc2)c1. The van der Waals surface area contributed by atoms with E-state index in [9.17, 15) is 0 Å². The highest BCUT2D eigenvalue weighted by Gasteiger charge is 2.06. The first kappa shape index (κ1) is 12.5. The van der Waals surface area contributed by atoms with E-state index < -0.39 is 0 Å². The van der Waals surface area contributed by atoms with Gasteiger partial charge in [0.25, 0.3) is 0 Å². The van der Waals surface area contributed by atoms with Crippen molar-refractivity contribution in [3.8, 4) is 0 Å². The van der Waals surface area contributed by atoms with Crippen molar-refractivity contribution in [2.24, 2.45) is 5.73 Å². The van der Waals surface area contributed by atoms with E-state index in [4.69, 9.17) is 5.73 Å². The topological polar surface area (TPSA) is 55.0 Å². The maximum absolute atomic E-state index is 5.88. The van der Waals surface area contributed by atoms with Crippen molar-refractivity contribution >= 4 is 5.82 Å². The normalized spacial score (nSPS) is 12.2. The predicted octanol–water partition coefficient (Wildman–Crippen LogP) is 2.13. The van der Waals surface area contributed by atoms with E-state index >= 15 is 0 Å². The molecule has 0 spiro atoms. The molecule has 0 aliphatic heterocycles. The number of nitrogens with two attached hydrogens (primary N) is 1. The van der Waals surface area contributed by atoms with E-state index in [1.54, 1.807) is 18.6 Å². The maximum atomic E-state index is 5.88. The first-order valence-electron chi connectivity index (χ1n) is 5.98. The third kappa shape index (κ3) is 3.05. The lowest BCUT2D eigenvalue weighted by atomic mass is 10.1. The molecular formula is C14H18N4. The monoisotopic (exact) mass is 242 g/mol. The zero-order chi connectivity index (χ0) is 13.0. The molecule has 2 heterocycles. The van der Waals surface area contributed by atoms with E-state index in [2.05, 4.69) is 14.9 Å². The van der Waals surface area contributed by atoms with Crippen LogP contribution in [0.15, 0.2) is 42.9 Å². The molecule has 2 aromatic rings. The van der Waals surface area contributed by atoms with E-state index in [0.29, 0.717) is 0 Å². The summed E-state index contributed by atoms with van der Waals surface area (Å²) in [5.41, 5.74) is 8.19. The first-order valence-corrected chi connectivity index (χ1v) is 5.98. The summed E-state index contributed by atoms with van der Waals surface area (Å²) in [6.07, 6.45) is 5.40. The Morgan fingerprint density at radius 1 is 1.22 bits per heavy atom. The van der Waals surface area contributed by atoms with E-state index in [1.165, 1.54) is 5.56 Å². The van der Waals surface area contributed by atoms with Gasteiger partial charge in [-0.2, -0.15) is 0 Å². The van der Waals surface area contributed by atoms with Crippen molar-refractivity contribution in [3.05, 3.63) is 54.0 Å². The van der Waals surface area contributed by atoms with Crippen molar-refractivity contribution < 1.29 is 0 Å². The highest BCUT2D eigenvalue weighted by atomic mass is 15.2. The first-order chi connectivity index (χ1) is 8.66. The largest absolute Gasteiger partial charge is 0.355 e. The molecular weight excluding hydrogens is 224 g/mol. The second-order valence-electron chi connectivity index (χ2n) is 4.45. The molecule has 4 heteroatoms. The Morgan fingerprint density at radius 3 is 2.61 bits per heavy atom. The molecule has 2 aromatic heterocycles. The minimum Gasteiger partial charge on any atom is -0.355 e. The van der Waals surface area contributed by atoms with Crippen molar-refractivity contribution in [3.63, 3.8) is 0 Å². The number of hydrogen-bond donors (Lipinski definition) is 1. The van der Waals surface area contributed by atoms with Gasteiger partial charge >= 0.3 is 0 Å². The number of hydrogen-bond acceptors (Lipinski definition) is 4. The lowest BCUT2D eigenvalue weighted by Gasteiger charge is -2.19. The molecule has 0 unspecified atom stereocenters. The molecule has 0 aromatic carbocycles. The van der Waals surface area contributed by atoms with Crippen molar-refractivity contribution in [2.45, 2.75) is 19.5 Å². The number of anilines is 1. The summed E-state index contributed by atoms with van der Waals surface area (Å²) >= 11 is 0. The van der Waals surface area contributed by atoms with Crippen molar-refractivity contribution in [2.75, 3.05) is 11.9 Å². The molecule has 0 fully saturated rings. The number of aromatic nitrogens is 2. The van der Waals surface area contributed by atoms with Gasteiger partial charge in [0.2, 0.25) is 0 Å². The summed E-state index contributed by atoms with van der Waals surface area (Å²) in [6, 6.07) is 8.03. The third-order valence-corrected chi connectivity index (χ3v) is 2.86. The molecule has 2 rings (SSSR count). The Bertz CT molecular complexity index is 496. The lowest BCUT2D eigenvalue weighted by molar-refractivity contribution is 0.809. The van der Waals surface area contributed by atoms with Crippen molar-refractivity contribution in [1.82, 2.24) is 9.97 Å². The van der Waals surface area contributed by atoms with Crippen LogP contribution >= 0.6 is 0 Å². The minimum atomic E-state index is 0.0288. The molecule has 0 radical (unpaired) electrons. The van der Waals surface area contributed by atoms with E-state index in [1.807, 2.05) is 38.2 Å². The fraction of sp³-hybridized carbons (Fsp3) is 0.286. The standard InChI is InChI=1S/C14H18N4/c1-11(15)13-5-8-17-14(9-13)18(2)10-12-3-6-16-7-4-12/h3-9,11H,10,15H2,1-2H3/t11-/m1/s1. The van der Waals surface area contributed by atoms with E-state index in [-0.39, 0.29) is 6.04 Å². The molecule has 4 nitrogen and oxygen atoms in total. The van der Waals surface area contributed by atoms with Gasteiger partial charge in [0.1, 0.15) is 5.82 Å². The van der Waals surface area contributed by atoms with Gasteiger partial charge in [-0.3, -0.25) is 4.98 Å². The van der Waals surface area contributed by atoms with Crippen LogP contribution in [0.4, 0.5) is 5.82 Å². The summed E-state index contributed by atoms with van der Waals surface area (Å²) in [5, 5.41) is 0. The van der Waals surface area contributed by atoms with Crippen LogP contribution in [0.3, 0.4) is 0 Å². The van der Waals surface area contributed by atoms with Gasteiger partial charge in [-0.05, 0) is 42.3 Å². The Hall–Kier alpha value is -1.94. The maximum Gasteiger partial charge on any atom is 0.128 e. The Balaban J connectivity index is 2.14. The van der Waals surface area contributed by atoms with Gasteiger partial charge in [0.15, 0.2) is 0 Å². The number of pyridine rings is 2. The average molecular weight is 242 g/mol. The van der Waals surface area contributed by atoms with Crippen LogP contribution in [-0.2, 0) is 6.54 Å². The van der Waals surface area contributed by atoms with Gasteiger partial charge in [-0.1, -0.05) is 0 Å². The molecule has 0 amide bonds. The van der Waals surface area contributed by atoms with Crippen LogP contribution in [0.5, 0.6) is 0 Å². The molecule has 0 saturated heterocycles. The van der Waals surface area contributed by atoms with Crippen LogP contribution in [0.1, 0.15) is 24.1 Å². The van der Waals surface area contributed by atoms with Crippen molar-refractivity contribution in [1.29, 1.82) is 0 Å². The van der Waals surface area contributed by atoms with Crippen LogP contribution in [-0.4, -0.2) is 17.0 Å². The van der Waals surface area contributed by atoms with Gasteiger partial charge in [0.05, 0.1) is 0 Å². The fourth-order valence-corrected chi connectivity index (χ4v) is 1.77. The summed E-state index contributed by atoms with van der Waals surface area (Å²) in [5.74, 6) is 0.932. The molecule has 2 N–H and O–H groups in total. The summed E-state index contributed by atoms with van der Waals surface area (Å²) < 4.78 is 0. The number of nitrogens with zero attached hydrogens (tertiary/aromatic N) is 3. The molecule has 0 aliphatic rings. The van der Waals surface area contributed by atoms with Gasteiger partial charge in [-0.15, -0.1) is 0 Å². The van der Waals surface area contributed by atoms with Crippen LogP contribution < -0.4 is 10.6 Å². The third-order valence-electron chi connectivity index (χ3n) is 2.86. The molecule has 94 valence electrons. The highest BCUT2D eigenvalue weighted by molar-refractivity contribution is 5.41. The Morgan fingerprint density at radius 2 is 1.94 bits per heavy atom. The molecule has 0 aliphatic carbocycles.